The molecule has 0 aromatic carbocycles. The lowest BCUT2D eigenvalue weighted by atomic mass is 9.36. The second kappa shape index (κ2) is 4.85. The molecule has 10 atom stereocenters. The molecular formula is C22H30O6. The molecule has 6 nitrogen and oxygen atoms in total. The van der Waals surface area contributed by atoms with Crippen molar-refractivity contribution in [2.45, 2.75) is 76.7 Å². The number of hydrogen-bond donors (Lipinski definition) is 2. The molecule has 4 bridgehead atoms. The second-order valence-electron chi connectivity index (χ2n) is 10.9. The maximum Gasteiger partial charge on any atom is 0.303 e. The van der Waals surface area contributed by atoms with Crippen LogP contribution in [-0.2, 0) is 19.0 Å². The second-order valence-corrected chi connectivity index (χ2v) is 10.9. The maximum absolute atomic E-state index is 12.1. The average molecular weight is 390 g/mol. The first-order chi connectivity index (χ1) is 13.1. The van der Waals surface area contributed by atoms with Crippen molar-refractivity contribution in [2.75, 3.05) is 6.61 Å². The van der Waals surface area contributed by atoms with Gasteiger partial charge in [-0.05, 0) is 30.3 Å². The highest BCUT2D eigenvalue weighted by atomic mass is 16.7. The summed E-state index contributed by atoms with van der Waals surface area (Å²) in [6.45, 7) is 10.4. The van der Waals surface area contributed by atoms with Gasteiger partial charge in [0, 0.05) is 30.1 Å². The van der Waals surface area contributed by atoms with Gasteiger partial charge in [0.1, 0.15) is 0 Å². The van der Waals surface area contributed by atoms with Gasteiger partial charge in [0.05, 0.1) is 30.3 Å². The molecule has 0 amide bonds. The molecule has 4 aliphatic carbocycles. The molecule has 7 aliphatic rings. The maximum atomic E-state index is 12.1. The topological polar surface area (TPSA) is 88.5 Å². The lowest BCUT2D eigenvalue weighted by Crippen LogP contribution is -2.83. The van der Waals surface area contributed by atoms with Gasteiger partial charge in [-0.3, -0.25) is 4.79 Å². The van der Waals surface area contributed by atoms with E-state index in [1.807, 2.05) is 0 Å². The molecular weight excluding hydrogens is 360 g/mol. The van der Waals surface area contributed by atoms with E-state index >= 15 is 0 Å². The summed E-state index contributed by atoms with van der Waals surface area (Å²) in [6, 6.07) is 0. The van der Waals surface area contributed by atoms with Gasteiger partial charge in [0.2, 0.25) is 5.79 Å². The Kier molecular flexibility index (Phi) is 3.10. The molecule has 7 fully saturated rings. The van der Waals surface area contributed by atoms with Crippen LogP contribution >= 0.6 is 0 Å². The average Bonchev–Trinajstić information content (AvgIpc) is 3.36. The van der Waals surface area contributed by atoms with Crippen LogP contribution < -0.4 is 0 Å². The molecule has 7 rings (SSSR count). The van der Waals surface area contributed by atoms with Gasteiger partial charge >= 0.3 is 5.97 Å². The summed E-state index contributed by atoms with van der Waals surface area (Å²) < 4.78 is 18.3. The minimum atomic E-state index is -1.72. The number of rotatable bonds is 1. The molecule has 4 saturated carbocycles. The summed E-state index contributed by atoms with van der Waals surface area (Å²) in [5.41, 5.74) is -0.569. The number of epoxide rings is 1. The monoisotopic (exact) mass is 390 g/mol. The van der Waals surface area contributed by atoms with Gasteiger partial charge in [-0.25, -0.2) is 0 Å². The van der Waals surface area contributed by atoms with Gasteiger partial charge in [-0.1, -0.05) is 26.8 Å². The minimum absolute atomic E-state index is 0.00867. The Morgan fingerprint density at radius 2 is 2.00 bits per heavy atom. The molecule has 6 heteroatoms. The number of aliphatic hydroxyl groups is 2. The molecule has 154 valence electrons. The number of carbonyl (C=O) groups excluding carboxylic acids is 1. The molecule has 2 N–H and O–H groups in total. The first-order valence-electron chi connectivity index (χ1n) is 10.7. The van der Waals surface area contributed by atoms with E-state index in [2.05, 4.69) is 20.4 Å². The molecule has 0 radical (unpaired) electrons. The van der Waals surface area contributed by atoms with Crippen LogP contribution in [0.15, 0.2) is 12.2 Å². The standard InChI is InChI=1S/C22H30O6/c1-10-12-8-21(17(10)24)15(14-13(12)28-14)20-7-5-6-19(3,4)16(20)18(27-11(2)23)22(21,25)26-9-20/h12-18,24-25H,1,5-9H2,2-4H3/t12-,13+,14+,15+,16-,17-,18+,20-,21+,22+/m1/s1. The van der Waals surface area contributed by atoms with Crippen LogP contribution in [-0.4, -0.2) is 53.0 Å². The predicted molar refractivity (Wildman–Crippen MR) is 97.8 cm³/mol. The molecule has 3 saturated heterocycles. The van der Waals surface area contributed by atoms with E-state index in [1.165, 1.54) is 6.92 Å². The summed E-state index contributed by atoms with van der Waals surface area (Å²) in [6.07, 6.45) is 2.06. The molecule has 0 aromatic rings. The van der Waals surface area contributed by atoms with Gasteiger partial charge in [-0.2, -0.15) is 0 Å². The number of esters is 1. The van der Waals surface area contributed by atoms with Gasteiger partial charge < -0.3 is 24.4 Å². The van der Waals surface area contributed by atoms with Crippen LogP contribution in [0.25, 0.3) is 0 Å². The van der Waals surface area contributed by atoms with E-state index in [0.717, 1.165) is 24.8 Å². The summed E-state index contributed by atoms with van der Waals surface area (Å²) in [5, 5.41) is 23.5. The van der Waals surface area contributed by atoms with Crippen LogP contribution in [0.1, 0.15) is 46.5 Å². The Labute approximate surface area is 165 Å². The number of hydrogen-bond acceptors (Lipinski definition) is 6. The molecule has 3 aliphatic heterocycles. The molecule has 0 aromatic heterocycles. The Bertz CT molecular complexity index is 792. The first-order valence-corrected chi connectivity index (χ1v) is 10.7. The number of fused-ring (bicyclic) bond motifs is 4. The summed E-state index contributed by atoms with van der Waals surface area (Å²) in [7, 11) is 0. The van der Waals surface area contributed by atoms with E-state index in [-0.39, 0.29) is 40.8 Å². The van der Waals surface area contributed by atoms with E-state index in [9.17, 15) is 15.0 Å². The normalized spacial score (nSPS) is 59.9. The first kappa shape index (κ1) is 17.9. The van der Waals surface area contributed by atoms with Crippen molar-refractivity contribution >= 4 is 5.97 Å². The van der Waals surface area contributed by atoms with E-state index in [1.54, 1.807) is 0 Å². The van der Waals surface area contributed by atoms with Gasteiger partial charge in [0.25, 0.3) is 0 Å². The van der Waals surface area contributed by atoms with Gasteiger partial charge in [-0.15, -0.1) is 0 Å². The van der Waals surface area contributed by atoms with Crippen molar-refractivity contribution in [1.29, 1.82) is 0 Å². The Balaban J connectivity index is 1.61. The van der Waals surface area contributed by atoms with Crippen molar-refractivity contribution in [3.05, 3.63) is 12.2 Å². The van der Waals surface area contributed by atoms with E-state index in [4.69, 9.17) is 14.2 Å². The van der Waals surface area contributed by atoms with Crippen molar-refractivity contribution in [3.63, 3.8) is 0 Å². The van der Waals surface area contributed by atoms with E-state index in [0.29, 0.717) is 13.0 Å². The Hall–Kier alpha value is -0.950. The lowest BCUT2D eigenvalue weighted by molar-refractivity contribution is -0.455. The highest BCUT2D eigenvalue weighted by Gasteiger charge is 2.88. The molecule has 28 heavy (non-hydrogen) atoms. The SMILES string of the molecule is C=C1[C@H]2C[C@@]3([C@@H]1O)[C@@H]([C@H]1O[C@H]12)[C@]12CCCC(C)(C)[C@H]1[C@H](OC(C)=O)[C@]3(O)OC2. The fraction of sp³-hybridized carbons (Fsp3) is 0.864. The lowest BCUT2D eigenvalue weighted by Gasteiger charge is -2.74. The Morgan fingerprint density at radius 3 is 2.71 bits per heavy atom. The quantitative estimate of drug-likeness (QED) is 0.403. The van der Waals surface area contributed by atoms with Crippen molar-refractivity contribution in [1.82, 2.24) is 0 Å². The zero-order chi connectivity index (χ0) is 19.9. The zero-order valence-electron chi connectivity index (χ0n) is 16.8. The fourth-order valence-corrected chi connectivity index (χ4v) is 8.74. The van der Waals surface area contributed by atoms with Crippen LogP contribution in [0.3, 0.4) is 0 Å². The minimum Gasteiger partial charge on any atom is -0.456 e. The van der Waals surface area contributed by atoms with Crippen LogP contribution in [0.2, 0.25) is 0 Å². The van der Waals surface area contributed by atoms with Crippen LogP contribution in [0.4, 0.5) is 0 Å². The van der Waals surface area contributed by atoms with Crippen LogP contribution in [0.5, 0.6) is 0 Å². The highest BCUT2D eigenvalue weighted by Crippen LogP contribution is 2.80. The van der Waals surface area contributed by atoms with Gasteiger partial charge in [0.15, 0.2) is 6.10 Å². The number of carbonyl (C=O) groups is 1. The third kappa shape index (κ3) is 1.64. The largest absolute Gasteiger partial charge is 0.456 e. The Morgan fingerprint density at radius 1 is 1.25 bits per heavy atom. The zero-order valence-corrected chi connectivity index (χ0v) is 16.8. The van der Waals surface area contributed by atoms with Crippen molar-refractivity contribution in [2.24, 2.45) is 34.0 Å². The summed E-state index contributed by atoms with van der Waals surface area (Å²) >= 11 is 0. The summed E-state index contributed by atoms with van der Waals surface area (Å²) in [4.78, 5) is 12.1. The van der Waals surface area contributed by atoms with Crippen molar-refractivity contribution in [3.8, 4) is 0 Å². The molecule has 0 unspecified atom stereocenters. The van der Waals surface area contributed by atoms with E-state index < -0.39 is 29.4 Å². The third-order valence-corrected chi connectivity index (χ3v) is 9.47. The summed E-state index contributed by atoms with van der Waals surface area (Å²) in [5.74, 6) is -2.15. The molecule has 3 heterocycles. The molecule has 2 spiro atoms. The van der Waals surface area contributed by atoms with Crippen molar-refractivity contribution < 1.29 is 29.2 Å². The number of ether oxygens (including phenoxy) is 3. The fourth-order valence-electron chi connectivity index (χ4n) is 8.74. The smallest absolute Gasteiger partial charge is 0.303 e. The highest BCUT2D eigenvalue weighted by molar-refractivity contribution is 5.66. The van der Waals surface area contributed by atoms with Crippen LogP contribution in [0, 0.1) is 34.0 Å². The number of aliphatic hydroxyl groups excluding tert-OH is 1. The third-order valence-electron chi connectivity index (χ3n) is 9.47. The predicted octanol–water partition coefficient (Wildman–Crippen LogP) is 1.78.